The SMILES string of the molecule is O=C(CCc1csc(NC(=O)c2ccc[nH]c2=O)n1)Nc1cccc(F)c1. The number of hydrogen-bond donors (Lipinski definition) is 3. The quantitative estimate of drug-likeness (QED) is 0.606. The maximum absolute atomic E-state index is 13.1. The number of carbonyl (C=O) groups is 2. The van der Waals surface area contributed by atoms with Crippen molar-refractivity contribution in [2.24, 2.45) is 0 Å². The third-order valence-corrected chi connectivity index (χ3v) is 4.36. The number of H-pyrrole nitrogens is 1. The molecule has 27 heavy (non-hydrogen) atoms. The minimum Gasteiger partial charge on any atom is -0.328 e. The summed E-state index contributed by atoms with van der Waals surface area (Å²) in [4.78, 5) is 42.3. The fourth-order valence-corrected chi connectivity index (χ4v) is 3.02. The predicted molar refractivity (Wildman–Crippen MR) is 100 cm³/mol. The summed E-state index contributed by atoms with van der Waals surface area (Å²) in [6.07, 6.45) is 1.96. The van der Waals surface area contributed by atoms with E-state index in [1.807, 2.05) is 0 Å². The molecule has 3 rings (SSSR count). The summed E-state index contributed by atoms with van der Waals surface area (Å²) in [5.74, 6) is -1.25. The third kappa shape index (κ3) is 5.08. The molecule has 0 atom stereocenters. The van der Waals surface area contributed by atoms with E-state index in [-0.39, 0.29) is 17.9 Å². The van der Waals surface area contributed by atoms with Gasteiger partial charge in [-0.3, -0.25) is 19.7 Å². The molecule has 9 heteroatoms. The van der Waals surface area contributed by atoms with Gasteiger partial charge in [0.25, 0.3) is 11.5 Å². The summed E-state index contributed by atoms with van der Waals surface area (Å²) in [6.45, 7) is 0. The van der Waals surface area contributed by atoms with Crippen LogP contribution in [-0.4, -0.2) is 21.8 Å². The molecule has 0 spiro atoms. The monoisotopic (exact) mass is 386 g/mol. The first-order valence-corrected chi connectivity index (χ1v) is 8.88. The first-order chi connectivity index (χ1) is 13.0. The Labute approximate surface area is 157 Å². The zero-order valence-corrected chi connectivity index (χ0v) is 14.8. The van der Waals surface area contributed by atoms with Crippen LogP contribution in [0.4, 0.5) is 15.2 Å². The third-order valence-electron chi connectivity index (χ3n) is 3.55. The number of pyridine rings is 1. The second kappa shape index (κ2) is 8.37. The van der Waals surface area contributed by atoms with Crippen molar-refractivity contribution < 1.29 is 14.0 Å². The van der Waals surface area contributed by atoms with Crippen LogP contribution in [0.2, 0.25) is 0 Å². The number of nitrogens with zero attached hydrogens (tertiary/aromatic N) is 1. The Hall–Kier alpha value is -3.33. The van der Waals surface area contributed by atoms with Crippen LogP contribution in [-0.2, 0) is 11.2 Å². The highest BCUT2D eigenvalue weighted by molar-refractivity contribution is 7.14. The van der Waals surface area contributed by atoms with Gasteiger partial charge in [-0.1, -0.05) is 6.07 Å². The van der Waals surface area contributed by atoms with E-state index in [0.717, 1.165) is 0 Å². The number of benzene rings is 1. The van der Waals surface area contributed by atoms with Crippen molar-refractivity contribution in [3.05, 3.63) is 75.4 Å². The minimum atomic E-state index is -0.554. The normalized spacial score (nSPS) is 10.4. The van der Waals surface area contributed by atoms with Crippen LogP contribution in [0.3, 0.4) is 0 Å². The van der Waals surface area contributed by atoms with Gasteiger partial charge in [0.1, 0.15) is 11.4 Å². The molecular weight excluding hydrogens is 371 g/mol. The lowest BCUT2D eigenvalue weighted by Gasteiger charge is -2.04. The minimum absolute atomic E-state index is 0.0104. The van der Waals surface area contributed by atoms with Crippen molar-refractivity contribution >= 4 is 34.0 Å². The summed E-state index contributed by atoms with van der Waals surface area (Å²) < 4.78 is 13.1. The van der Waals surface area contributed by atoms with Gasteiger partial charge in [-0.2, -0.15) is 0 Å². The van der Waals surface area contributed by atoms with Crippen molar-refractivity contribution in [1.82, 2.24) is 9.97 Å². The highest BCUT2D eigenvalue weighted by Crippen LogP contribution is 2.17. The highest BCUT2D eigenvalue weighted by Gasteiger charge is 2.13. The van der Waals surface area contributed by atoms with Crippen molar-refractivity contribution in [3.63, 3.8) is 0 Å². The predicted octanol–water partition coefficient (Wildman–Crippen LogP) is 2.79. The highest BCUT2D eigenvalue weighted by atomic mass is 32.1. The van der Waals surface area contributed by atoms with Crippen LogP contribution < -0.4 is 16.2 Å². The van der Waals surface area contributed by atoms with Crippen LogP contribution in [0.15, 0.2) is 52.8 Å². The van der Waals surface area contributed by atoms with Crippen LogP contribution in [0.25, 0.3) is 0 Å². The molecular formula is C18H15FN4O3S. The molecule has 0 radical (unpaired) electrons. The van der Waals surface area contributed by atoms with Gasteiger partial charge in [0, 0.05) is 23.7 Å². The van der Waals surface area contributed by atoms with Crippen molar-refractivity contribution in [2.75, 3.05) is 10.6 Å². The molecule has 0 saturated heterocycles. The summed E-state index contributed by atoms with van der Waals surface area (Å²) in [7, 11) is 0. The van der Waals surface area contributed by atoms with Gasteiger partial charge in [-0.25, -0.2) is 9.37 Å². The maximum Gasteiger partial charge on any atom is 0.263 e. The summed E-state index contributed by atoms with van der Waals surface area (Å²) in [5, 5.41) is 7.23. The van der Waals surface area contributed by atoms with E-state index in [1.54, 1.807) is 17.5 Å². The lowest BCUT2D eigenvalue weighted by molar-refractivity contribution is -0.116. The number of aryl methyl sites for hydroxylation is 1. The van der Waals surface area contributed by atoms with E-state index in [2.05, 4.69) is 20.6 Å². The molecule has 0 aliphatic carbocycles. The molecule has 0 fully saturated rings. The van der Waals surface area contributed by atoms with Crippen molar-refractivity contribution in [2.45, 2.75) is 12.8 Å². The largest absolute Gasteiger partial charge is 0.328 e. The fourth-order valence-electron chi connectivity index (χ4n) is 2.28. The number of carbonyl (C=O) groups excluding carboxylic acids is 2. The van der Waals surface area contributed by atoms with Crippen LogP contribution in [0.5, 0.6) is 0 Å². The molecule has 138 valence electrons. The molecule has 0 aliphatic rings. The second-order valence-electron chi connectivity index (χ2n) is 5.57. The Morgan fingerprint density at radius 1 is 1.19 bits per heavy atom. The Morgan fingerprint density at radius 2 is 2.04 bits per heavy atom. The molecule has 3 N–H and O–H groups in total. The second-order valence-corrected chi connectivity index (χ2v) is 6.43. The number of rotatable bonds is 6. The average molecular weight is 386 g/mol. The molecule has 0 unspecified atom stereocenters. The topological polar surface area (TPSA) is 104 Å². The Morgan fingerprint density at radius 3 is 2.81 bits per heavy atom. The van der Waals surface area contributed by atoms with Crippen LogP contribution in [0.1, 0.15) is 22.5 Å². The molecule has 1 aromatic carbocycles. The zero-order valence-electron chi connectivity index (χ0n) is 14.0. The van der Waals surface area contributed by atoms with Gasteiger partial charge in [-0.05, 0) is 36.8 Å². The fraction of sp³-hybridized carbons (Fsp3) is 0.111. The molecule has 0 saturated carbocycles. The zero-order chi connectivity index (χ0) is 19.2. The van der Waals surface area contributed by atoms with Crippen LogP contribution >= 0.6 is 11.3 Å². The smallest absolute Gasteiger partial charge is 0.263 e. The van der Waals surface area contributed by atoms with Gasteiger partial charge in [0.2, 0.25) is 5.91 Å². The standard InChI is InChI=1S/C18H15FN4O3S/c19-11-3-1-4-12(9-11)21-15(24)7-6-13-10-27-18(22-13)23-17(26)14-5-2-8-20-16(14)25/h1-5,8-10H,6-7H2,(H,20,25)(H,21,24)(H,22,23,26). The number of amides is 2. The number of thiazole rings is 1. The molecule has 2 aromatic heterocycles. The average Bonchev–Trinajstić information content (AvgIpc) is 3.08. The van der Waals surface area contributed by atoms with E-state index in [4.69, 9.17) is 0 Å². The van der Waals surface area contributed by atoms with E-state index in [1.165, 1.54) is 41.8 Å². The first kappa shape index (κ1) is 18.5. The Kier molecular flexibility index (Phi) is 5.72. The van der Waals surface area contributed by atoms with E-state index in [0.29, 0.717) is 22.9 Å². The molecule has 0 bridgehead atoms. The van der Waals surface area contributed by atoms with Crippen molar-refractivity contribution in [1.29, 1.82) is 0 Å². The van der Waals surface area contributed by atoms with Gasteiger partial charge in [0.15, 0.2) is 5.13 Å². The van der Waals surface area contributed by atoms with Gasteiger partial charge >= 0.3 is 0 Å². The number of aromatic amines is 1. The number of aromatic nitrogens is 2. The lowest BCUT2D eigenvalue weighted by Crippen LogP contribution is -2.22. The van der Waals surface area contributed by atoms with Gasteiger partial charge in [-0.15, -0.1) is 11.3 Å². The van der Waals surface area contributed by atoms with Gasteiger partial charge in [0.05, 0.1) is 5.69 Å². The molecule has 3 aromatic rings. The summed E-state index contributed by atoms with van der Waals surface area (Å²) in [5.41, 5.74) is 0.524. The van der Waals surface area contributed by atoms with E-state index < -0.39 is 17.3 Å². The number of hydrogen-bond acceptors (Lipinski definition) is 5. The molecule has 7 nitrogen and oxygen atoms in total. The molecule has 0 aliphatic heterocycles. The summed E-state index contributed by atoms with van der Waals surface area (Å²) in [6, 6.07) is 8.62. The first-order valence-electron chi connectivity index (χ1n) is 8.00. The lowest BCUT2D eigenvalue weighted by atomic mass is 10.2. The van der Waals surface area contributed by atoms with Crippen molar-refractivity contribution in [3.8, 4) is 0 Å². The van der Waals surface area contributed by atoms with Gasteiger partial charge < -0.3 is 10.3 Å². The molecule has 2 amide bonds. The van der Waals surface area contributed by atoms with Crippen LogP contribution in [0, 0.1) is 5.82 Å². The molecule has 2 heterocycles. The Balaban J connectivity index is 1.53. The number of nitrogens with one attached hydrogen (secondary N) is 3. The van der Waals surface area contributed by atoms with E-state index >= 15 is 0 Å². The van der Waals surface area contributed by atoms with E-state index in [9.17, 15) is 18.8 Å². The summed E-state index contributed by atoms with van der Waals surface area (Å²) >= 11 is 1.20. The maximum atomic E-state index is 13.1. The number of anilines is 2. The number of halogens is 1. The Bertz CT molecular complexity index is 1030.